The number of rotatable bonds is 14. The van der Waals surface area contributed by atoms with E-state index in [0.29, 0.717) is 40.2 Å². The number of aromatic nitrogens is 2. The maximum Gasteiger partial charge on any atom is 0.355 e. The fourth-order valence-corrected chi connectivity index (χ4v) is 15.4. The van der Waals surface area contributed by atoms with Crippen LogP contribution in [0.5, 0.6) is 23.0 Å². The number of aromatic amines is 1. The molecule has 0 aliphatic heterocycles. The Kier molecular flexibility index (Phi) is 15.0. The monoisotopic (exact) mass is 844 g/mol. The van der Waals surface area contributed by atoms with Crippen LogP contribution in [0.3, 0.4) is 0 Å². The molecule has 0 atom stereocenters. The van der Waals surface area contributed by atoms with Gasteiger partial charge in [0.2, 0.25) is 0 Å². The summed E-state index contributed by atoms with van der Waals surface area (Å²) in [6.07, 6.45) is 4.05. The number of methoxy groups -OCH3 is 2. The van der Waals surface area contributed by atoms with Crippen molar-refractivity contribution < 1.29 is 38.7 Å². The van der Waals surface area contributed by atoms with Crippen molar-refractivity contribution in [2.24, 2.45) is 0 Å². The van der Waals surface area contributed by atoms with E-state index in [1.807, 2.05) is 57.2 Å². The molecule has 11 heteroatoms. The molecule has 0 spiro atoms. The van der Waals surface area contributed by atoms with Crippen LogP contribution in [0.25, 0.3) is 44.5 Å². The van der Waals surface area contributed by atoms with Crippen LogP contribution in [0.15, 0.2) is 109 Å². The average molecular weight is 845 g/mol. The van der Waals surface area contributed by atoms with Gasteiger partial charge in [0.1, 0.15) is 34.4 Å². The molecule has 0 amide bonds. The van der Waals surface area contributed by atoms with Crippen LogP contribution < -0.4 is 9.47 Å². The number of hydrogen-bond acceptors (Lipinski definition) is 8. The normalized spacial score (nSPS) is 11.5. The SMILES string of the molecule is CCOc1ccc(-c2c(-c3ccc(OC(C)C)cc3)cn([Si](C(C)C)(C(C)C)C(C)C)c2C(=O)OC)cc1.COC(=O)c1[nH]cc(-c2ccc(O)cc2)c1-c1ccc(O)cc1. The first-order valence-corrected chi connectivity index (χ1v) is 23.0. The van der Waals surface area contributed by atoms with Crippen molar-refractivity contribution >= 4 is 20.2 Å². The third-order valence-corrected chi connectivity index (χ3v) is 17.9. The fraction of sp³-hybridized carbons (Fsp3) is 0.320. The van der Waals surface area contributed by atoms with E-state index in [4.69, 9.17) is 18.9 Å². The molecule has 10 nitrogen and oxygen atoms in total. The molecule has 0 bridgehead atoms. The number of nitrogens with zero attached hydrogens (tertiary/aromatic N) is 1. The molecule has 0 fully saturated rings. The molecule has 0 unspecified atom stereocenters. The van der Waals surface area contributed by atoms with Crippen LogP contribution in [0.4, 0.5) is 0 Å². The van der Waals surface area contributed by atoms with E-state index >= 15 is 0 Å². The Balaban J connectivity index is 0.000000260. The van der Waals surface area contributed by atoms with Crippen molar-refractivity contribution in [2.45, 2.75) is 85.0 Å². The molecule has 2 aromatic heterocycles. The van der Waals surface area contributed by atoms with Crippen molar-refractivity contribution in [1.29, 1.82) is 0 Å². The van der Waals surface area contributed by atoms with Crippen LogP contribution in [0.2, 0.25) is 16.6 Å². The van der Waals surface area contributed by atoms with E-state index in [2.05, 4.69) is 69.1 Å². The molecule has 61 heavy (non-hydrogen) atoms. The van der Waals surface area contributed by atoms with Gasteiger partial charge in [0.05, 0.1) is 26.9 Å². The molecule has 0 aliphatic carbocycles. The number of carbonyl (C=O) groups excluding carboxylic acids is 2. The first-order chi connectivity index (χ1) is 29.1. The van der Waals surface area contributed by atoms with Gasteiger partial charge in [-0.25, -0.2) is 9.59 Å². The van der Waals surface area contributed by atoms with Gasteiger partial charge in [0.15, 0.2) is 8.24 Å². The molecule has 322 valence electrons. The number of phenolic OH excluding ortho intramolecular Hbond substituents is 2. The highest BCUT2D eigenvalue weighted by molar-refractivity contribution is 6.82. The minimum absolute atomic E-state index is 0.0991. The molecular weight excluding hydrogens is 785 g/mol. The Bertz CT molecular complexity index is 2350. The number of hydrogen-bond donors (Lipinski definition) is 3. The maximum absolute atomic E-state index is 13.7. The minimum atomic E-state index is -2.29. The number of H-pyrrole nitrogens is 1. The molecule has 0 aliphatic rings. The third-order valence-electron chi connectivity index (χ3n) is 11.2. The number of benzene rings is 4. The summed E-state index contributed by atoms with van der Waals surface area (Å²) in [5, 5.41) is 18.9. The van der Waals surface area contributed by atoms with Gasteiger partial charge in [-0.1, -0.05) is 90.1 Å². The lowest BCUT2D eigenvalue weighted by molar-refractivity contribution is 0.0585. The van der Waals surface area contributed by atoms with E-state index in [9.17, 15) is 19.8 Å². The van der Waals surface area contributed by atoms with Crippen LogP contribution in [0.1, 0.15) is 83.3 Å². The Morgan fingerprint density at radius 2 is 1.05 bits per heavy atom. The summed E-state index contributed by atoms with van der Waals surface area (Å²) < 4.78 is 24.3. The van der Waals surface area contributed by atoms with Crippen LogP contribution in [-0.4, -0.2) is 66.5 Å². The van der Waals surface area contributed by atoms with Gasteiger partial charge in [-0.3, -0.25) is 0 Å². The lowest BCUT2D eigenvalue weighted by Crippen LogP contribution is -2.52. The zero-order valence-corrected chi connectivity index (χ0v) is 38.2. The second-order valence-electron chi connectivity index (χ2n) is 16.2. The molecule has 0 saturated carbocycles. The smallest absolute Gasteiger partial charge is 0.355 e. The van der Waals surface area contributed by atoms with E-state index in [1.165, 1.54) is 14.2 Å². The Hall–Kier alpha value is -6.20. The standard InChI is InChI=1S/C32H45NO4Si.C18H15NO4/c1-11-36-27-16-14-26(15-17-27)30-29(25-12-18-28(19-13-25)37-21(2)3)20-33(31(30)32(34)35-10)38(22(4)5,23(6)7)24(8)9;1-23-18(22)17-16(12-4-8-14(21)9-5-12)15(10-19-17)11-2-6-13(20)7-3-11/h12-24H,11H2,1-10H3;2-10,19-21H,1H3. The summed E-state index contributed by atoms with van der Waals surface area (Å²) in [6.45, 7) is 20.5. The average Bonchev–Trinajstić information content (AvgIpc) is 3.85. The Morgan fingerprint density at radius 1 is 0.607 bits per heavy atom. The highest BCUT2D eigenvalue weighted by atomic mass is 28.3. The molecule has 3 N–H and O–H groups in total. The van der Waals surface area contributed by atoms with Crippen LogP contribution in [-0.2, 0) is 9.47 Å². The van der Waals surface area contributed by atoms with Gasteiger partial charge in [-0.2, -0.15) is 0 Å². The summed E-state index contributed by atoms with van der Waals surface area (Å²) in [4.78, 5) is 28.6. The van der Waals surface area contributed by atoms with Gasteiger partial charge in [-0.05, 0) is 108 Å². The quantitative estimate of drug-likeness (QED) is 0.0729. The van der Waals surface area contributed by atoms with Gasteiger partial charge in [0.25, 0.3) is 0 Å². The molecule has 2 heterocycles. The number of phenols is 2. The predicted octanol–water partition coefficient (Wildman–Crippen LogP) is 12.4. The number of aromatic hydroxyl groups is 2. The lowest BCUT2D eigenvalue weighted by Gasteiger charge is -2.44. The number of esters is 2. The lowest BCUT2D eigenvalue weighted by atomic mass is 9.96. The first kappa shape index (κ1) is 45.9. The predicted molar refractivity (Wildman–Crippen MR) is 246 cm³/mol. The zero-order valence-electron chi connectivity index (χ0n) is 37.2. The summed E-state index contributed by atoms with van der Waals surface area (Å²) in [5.41, 5.74) is 9.20. The molecule has 4 aromatic carbocycles. The molecule has 6 aromatic rings. The topological polar surface area (TPSA) is 132 Å². The van der Waals surface area contributed by atoms with Crippen LogP contribution >= 0.6 is 0 Å². The van der Waals surface area contributed by atoms with Crippen molar-refractivity contribution in [3.05, 3.63) is 121 Å². The minimum Gasteiger partial charge on any atom is -0.508 e. The van der Waals surface area contributed by atoms with E-state index < -0.39 is 14.2 Å². The highest BCUT2D eigenvalue weighted by Gasteiger charge is 2.48. The van der Waals surface area contributed by atoms with Crippen molar-refractivity contribution in [2.75, 3.05) is 20.8 Å². The summed E-state index contributed by atoms with van der Waals surface area (Å²) >= 11 is 0. The highest BCUT2D eigenvalue weighted by Crippen LogP contribution is 2.48. The first-order valence-electron chi connectivity index (χ1n) is 20.8. The summed E-state index contributed by atoms with van der Waals surface area (Å²) in [5.74, 6) is 1.17. The summed E-state index contributed by atoms with van der Waals surface area (Å²) in [7, 11) is 0.505. The van der Waals surface area contributed by atoms with Crippen LogP contribution in [0, 0.1) is 0 Å². The second kappa shape index (κ2) is 19.9. The van der Waals surface area contributed by atoms with E-state index in [1.54, 1.807) is 54.7 Å². The summed E-state index contributed by atoms with van der Waals surface area (Å²) in [6, 6.07) is 29.5. The fourth-order valence-electron chi connectivity index (χ4n) is 8.81. The van der Waals surface area contributed by atoms with Gasteiger partial charge < -0.3 is 38.4 Å². The molecule has 0 saturated heterocycles. The van der Waals surface area contributed by atoms with Gasteiger partial charge in [0, 0.05) is 34.6 Å². The van der Waals surface area contributed by atoms with Gasteiger partial charge in [-0.15, -0.1) is 0 Å². The zero-order chi connectivity index (χ0) is 44.6. The molecule has 0 radical (unpaired) electrons. The molecular formula is C50H60N2O8Si. The van der Waals surface area contributed by atoms with Crippen molar-refractivity contribution in [1.82, 2.24) is 9.22 Å². The number of carbonyl (C=O) groups is 2. The van der Waals surface area contributed by atoms with E-state index in [-0.39, 0.29) is 23.6 Å². The molecule has 6 rings (SSSR count). The maximum atomic E-state index is 13.7. The second-order valence-corrected chi connectivity index (χ2v) is 21.9. The van der Waals surface area contributed by atoms with Crippen molar-refractivity contribution in [3.63, 3.8) is 0 Å². The van der Waals surface area contributed by atoms with Gasteiger partial charge >= 0.3 is 11.9 Å². The Labute approximate surface area is 361 Å². The third kappa shape index (κ3) is 9.73. The Morgan fingerprint density at radius 3 is 1.52 bits per heavy atom. The number of nitrogens with one attached hydrogen (secondary N) is 1. The van der Waals surface area contributed by atoms with Crippen molar-refractivity contribution in [3.8, 4) is 67.5 Å². The number of ether oxygens (including phenoxy) is 4. The largest absolute Gasteiger partial charge is 0.508 e. The van der Waals surface area contributed by atoms with E-state index in [0.717, 1.165) is 50.4 Å².